The van der Waals surface area contributed by atoms with Crippen molar-refractivity contribution >= 4 is 22.8 Å². The van der Waals surface area contributed by atoms with Crippen LogP contribution < -0.4 is 10.6 Å². The summed E-state index contributed by atoms with van der Waals surface area (Å²) >= 11 is 0. The number of aromatic hydroxyl groups is 1. The summed E-state index contributed by atoms with van der Waals surface area (Å²) in [7, 11) is 3.96. The van der Waals surface area contributed by atoms with E-state index >= 15 is 8.78 Å². The van der Waals surface area contributed by atoms with E-state index in [9.17, 15) is 14.7 Å². The van der Waals surface area contributed by atoms with Crippen LogP contribution in [0, 0.1) is 18.6 Å². The number of benzene rings is 2. The third kappa shape index (κ3) is 5.87. The topological polar surface area (TPSA) is 94.8 Å². The van der Waals surface area contributed by atoms with Gasteiger partial charge in [-0.25, -0.2) is 23.1 Å². The fourth-order valence-corrected chi connectivity index (χ4v) is 6.38. The number of hydrogen-bond donors (Lipinski definition) is 1. The van der Waals surface area contributed by atoms with E-state index in [1.165, 1.54) is 28.8 Å². The van der Waals surface area contributed by atoms with Crippen LogP contribution in [0.2, 0.25) is 0 Å². The van der Waals surface area contributed by atoms with Crippen molar-refractivity contribution in [3.05, 3.63) is 87.9 Å². The molecule has 242 valence electrons. The number of fused-ring (bicyclic) bond motifs is 1. The Kier molecular flexibility index (Phi) is 8.99. The van der Waals surface area contributed by atoms with Crippen LogP contribution in [0.15, 0.2) is 53.8 Å². The highest BCUT2D eigenvalue weighted by Gasteiger charge is 2.34. The van der Waals surface area contributed by atoms with Gasteiger partial charge in [-0.1, -0.05) is 38.6 Å². The molecule has 1 saturated heterocycles. The highest BCUT2D eigenvalue weighted by molar-refractivity contribution is 5.92. The molecule has 11 heteroatoms. The van der Waals surface area contributed by atoms with Crippen molar-refractivity contribution < 1.29 is 18.7 Å². The third-order valence-corrected chi connectivity index (χ3v) is 8.48. The lowest BCUT2D eigenvalue weighted by Crippen LogP contribution is -2.58. The molecule has 1 aliphatic heterocycles. The zero-order valence-electron chi connectivity index (χ0n) is 27.3. The third-order valence-electron chi connectivity index (χ3n) is 8.48. The lowest BCUT2D eigenvalue weighted by atomic mass is 9.94. The van der Waals surface area contributed by atoms with Crippen molar-refractivity contribution in [3.8, 4) is 22.7 Å². The van der Waals surface area contributed by atoms with Crippen LogP contribution in [0.25, 0.3) is 28.0 Å². The highest BCUT2D eigenvalue weighted by atomic mass is 19.1. The average Bonchev–Trinajstić information content (AvgIpc) is 2.98. The number of phenols is 1. The summed E-state index contributed by atoms with van der Waals surface area (Å²) in [5, 5.41) is 10.8. The number of hydrogen-bond acceptors (Lipinski definition) is 7. The van der Waals surface area contributed by atoms with E-state index in [0.29, 0.717) is 25.3 Å². The molecule has 1 aliphatic rings. The van der Waals surface area contributed by atoms with E-state index in [2.05, 4.69) is 21.4 Å². The van der Waals surface area contributed by atoms with Gasteiger partial charge in [0.15, 0.2) is 11.5 Å². The lowest BCUT2D eigenvalue weighted by molar-refractivity contribution is -0.128. The van der Waals surface area contributed by atoms with Gasteiger partial charge in [-0.05, 0) is 81.7 Å². The smallest absolute Gasteiger partial charge is 0.355 e. The summed E-state index contributed by atoms with van der Waals surface area (Å²) in [5.41, 5.74) is 1.89. The minimum absolute atomic E-state index is 0.00989. The van der Waals surface area contributed by atoms with Gasteiger partial charge in [0, 0.05) is 31.7 Å². The first kappa shape index (κ1) is 32.7. The van der Waals surface area contributed by atoms with Crippen molar-refractivity contribution in [2.24, 2.45) is 0 Å². The summed E-state index contributed by atoms with van der Waals surface area (Å²) in [4.78, 5) is 41.5. The summed E-state index contributed by atoms with van der Waals surface area (Å²) in [5.74, 6) is -2.22. The fraction of sp³-hybridized carbons (Fsp3) is 0.371. The number of halogens is 2. The first-order valence-corrected chi connectivity index (χ1v) is 15.3. The van der Waals surface area contributed by atoms with Crippen molar-refractivity contribution in [1.82, 2.24) is 24.3 Å². The van der Waals surface area contributed by atoms with E-state index in [-0.39, 0.29) is 40.8 Å². The Morgan fingerprint density at radius 1 is 1.11 bits per heavy atom. The van der Waals surface area contributed by atoms with Crippen molar-refractivity contribution in [3.63, 3.8) is 0 Å². The molecule has 0 radical (unpaired) electrons. The SMILES string of the molecule is C=CC(=O)N1C[C@H](C)N(c2nc(=O)n(-c3c(C)cc(CN(C)C)cc3C(C)C)c3nc(-c4c(O)cccc4F)c(F)cc23)C[C@H]1C. The Morgan fingerprint density at radius 3 is 2.46 bits per heavy atom. The second-order valence-corrected chi connectivity index (χ2v) is 12.7. The second-order valence-electron chi connectivity index (χ2n) is 12.7. The summed E-state index contributed by atoms with van der Waals surface area (Å²) in [6.45, 7) is 14.7. The number of aromatic nitrogens is 3. The molecule has 2 aromatic heterocycles. The summed E-state index contributed by atoms with van der Waals surface area (Å²) < 4.78 is 32.5. The standard InChI is InChI=1S/C35H40F2N6O3/c1-9-29(45)41-16-22(6)42(17-21(41)5)33-25-15-27(37)31(30-26(36)11-10-12-28(30)44)38-34(25)43(35(46)39-33)32-20(4)13-23(18-40(7)8)14-24(32)19(2)3/h9-15,19,21-22,44H,1,16-18H2,2-8H3/t21-,22+/m1/s1. The van der Waals surface area contributed by atoms with Crippen molar-refractivity contribution in [2.75, 3.05) is 32.1 Å². The van der Waals surface area contributed by atoms with Gasteiger partial charge in [0.1, 0.15) is 23.1 Å². The number of piperazine rings is 1. The quantitative estimate of drug-likeness (QED) is 0.268. The van der Waals surface area contributed by atoms with Crippen LogP contribution in [0.5, 0.6) is 5.75 Å². The predicted octanol–water partition coefficient (Wildman–Crippen LogP) is 5.54. The normalized spacial score (nSPS) is 16.9. The summed E-state index contributed by atoms with van der Waals surface area (Å²) in [6.07, 6.45) is 1.27. The highest BCUT2D eigenvalue weighted by Crippen LogP contribution is 2.37. The molecule has 0 unspecified atom stereocenters. The molecular weight excluding hydrogens is 590 g/mol. The summed E-state index contributed by atoms with van der Waals surface area (Å²) in [6, 6.07) is 8.39. The van der Waals surface area contributed by atoms with Gasteiger partial charge in [-0.15, -0.1) is 0 Å². The number of pyridine rings is 1. The van der Waals surface area contributed by atoms with Gasteiger partial charge in [-0.3, -0.25) is 4.79 Å². The largest absolute Gasteiger partial charge is 0.507 e. The lowest BCUT2D eigenvalue weighted by Gasteiger charge is -2.44. The van der Waals surface area contributed by atoms with Crippen LogP contribution >= 0.6 is 0 Å². The van der Waals surface area contributed by atoms with Gasteiger partial charge in [-0.2, -0.15) is 4.98 Å². The van der Waals surface area contributed by atoms with Crippen LogP contribution in [0.3, 0.4) is 0 Å². The van der Waals surface area contributed by atoms with Crippen LogP contribution in [-0.2, 0) is 11.3 Å². The number of carbonyl (C=O) groups excluding carboxylic acids is 1. The number of nitrogens with zero attached hydrogens (tertiary/aromatic N) is 6. The number of rotatable bonds is 7. The first-order chi connectivity index (χ1) is 21.7. The predicted molar refractivity (Wildman–Crippen MR) is 177 cm³/mol. The zero-order valence-corrected chi connectivity index (χ0v) is 27.3. The maximum absolute atomic E-state index is 16.1. The number of carbonyl (C=O) groups is 1. The maximum atomic E-state index is 16.1. The molecule has 1 fully saturated rings. The Balaban J connectivity index is 1.85. The molecule has 0 saturated carbocycles. The van der Waals surface area contributed by atoms with E-state index < -0.39 is 34.3 Å². The molecule has 0 spiro atoms. The van der Waals surface area contributed by atoms with Gasteiger partial charge in [0.2, 0.25) is 5.91 Å². The average molecular weight is 631 g/mol. The molecule has 1 N–H and O–H groups in total. The Bertz CT molecular complexity index is 1880. The molecule has 0 aliphatic carbocycles. The number of aryl methyl sites for hydroxylation is 1. The van der Waals surface area contributed by atoms with Gasteiger partial charge >= 0.3 is 5.69 Å². The van der Waals surface area contributed by atoms with E-state index in [4.69, 9.17) is 0 Å². The van der Waals surface area contributed by atoms with Crippen molar-refractivity contribution in [2.45, 2.75) is 59.2 Å². The fourth-order valence-electron chi connectivity index (χ4n) is 6.38. The van der Waals surface area contributed by atoms with E-state index in [1.807, 2.05) is 65.7 Å². The molecule has 2 aromatic carbocycles. The minimum atomic E-state index is -0.885. The Labute approximate surface area is 267 Å². The molecule has 1 amide bonds. The molecule has 4 aromatic rings. The van der Waals surface area contributed by atoms with Crippen LogP contribution in [-0.4, -0.2) is 74.6 Å². The molecule has 2 atom stereocenters. The van der Waals surface area contributed by atoms with E-state index in [1.54, 1.807) is 4.90 Å². The van der Waals surface area contributed by atoms with Gasteiger partial charge < -0.3 is 19.8 Å². The number of anilines is 1. The van der Waals surface area contributed by atoms with Gasteiger partial charge in [0.25, 0.3) is 0 Å². The maximum Gasteiger partial charge on any atom is 0.355 e. The minimum Gasteiger partial charge on any atom is -0.507 e. The molecule has 5 rings (SSSR count). The molecule has 3 heterocycles. The molecular formula is C35H40F2N6O3. The Morgan fingerprint density at radius 2 is 1.83 bits per heavy atom. The monoisotopic (exact) mass is 630 g/mol. The van der Waals surface area contributed by atoms with Crippen LogP contribution in [0.1, 0.15) is 50.3 Å². The zero-order chi connectivity index (χ0) is 33.6. The van der Waals surface area contributed by atoms with Gasteiger partial charge in [0.05, 0.1) is 16.6 Å². The first-order valence-electron chi connectivity index (χ1n) is 15.3. The second kappa shape index (κ2) is 12.6. The molecule has 46 heavy (non-hydrogen) atoms. The van der Waals surface area contributed by atoms with Crippen LogP contribution in [0.4, 0.5) is 14.6 Å². The van der Waals surface area contributed by atoms with E-state index in [0.717, 1.165) is 22.8 Å². The Hall–Kier alpha value is -4.64. The molecule has 0 bridgehead atoms. The molecule has 9 nitrogen and oxygen atoms in total. The van der Waals surface area contributed by atoms with Crippen molar-refractivity contribution in [1.29, 1.82) is 0 Å². The number of amides is 1. The number of phenolic OH excluding ortho intramolecular Hbond substituents is 1.